The van der Waals surface area contributed by atoms with E-state index in [4.69, 9.17) is 9.47 Å². The molecule has 2 aromatic carbocycles. The van der Waals surface area contributed by atoms with Gasteiger partial charge in [0.2, 0.25) is 0 Å². The Kier molecular flexibility index (Phi) is 6.20. The van der Waals surface area contributed by atoms with E-state index in [0.29, 0.717) is 5.56 Å². The Morgan fingerprint density at radius 3 is 2.50 bits per heavy atom. The molecule has 0 heterocycles. The molecule has 0 fully saturated rings. The van der Waals surface area contributed by atoms with E-state index in [1.54, 1.807) is 13.0 Å². The number of halogens is 1. The molecule has 0 saturated heterocycles. The van der Waals surface area contributed by atoms with Crippen molar-refractivity contribution in [3.63, 3.8) is 0 Å². The highest BCUT2D eigenvalue weighted by atomic mass is 19.1. The topological polar surface area (TPSA) is 108 Å². The maximum absolute atomic E-state index is 12.7. The van der Waals surface area contributed by atoms with Gasteiger partial charge in [-0.1, -0.05) is 12.1 Å². The van der Waals surface area contributed by atoms with Crippen LogP contribution in [0.4, 0.5) is 15.8 Å². The minimum atomic E-state index is -0.816. The first-order chi connectivity index (χ1) is 12.4. The summed E-state index contributed by atoms with van der Waals surface area (Å²) >= 11 is 0. The standard InChI is InChI=1S/C17H15FN2O6/c1-11-3-2-4-14(20(23)24)17(11)19-15(21)9-26-16(22)10-25-13-7-5-12(18)6-8-13/h2-8H,9-10H2,1H3,(H,19,21). The molecule has 136 valence electrons. The summed E-state index contributed by atoms with van der Waals surface area (Å²) in [6.45, 7) is 0.506. The van der Waals surface area contributed by atoms with Gasteiger partial charge >= 0.3 is 5.97 Å². The van der Waals surface area contributed by atoms with Crippen LogP contribution in [-0.2, 0) is 14.3 Å². The van der Waals surface area contributed by atoms with E-state index < -0.39 is 35.8 Å². The quantitative estimate of drug-likeness (QED) is 0.461. The lowest BCUT2D eigenvalue weighted by atomic mass is 10.1. The van der Waals surface area contributed by atoms with Crippen LogP contribution in [0.2, 0.25) is 0 Å². The molecular weight excluding hydrogens is 347 g/mol. The fraction of sp³-hybridized carbons (Fsp3) is 0.176. The number of esters is 1. The van der Waals surface area contributed by atoms with E-state index in [1.165, 1.54) is 36.4 Å². The number of carbonyl (C=O) groups excluding carboxylic acids is 2. The maximum Gasteiger partial charge on any atom is 0.344 e. The van der Waals surface area contributed by atoms with Gasteiger partial charge in [0.25, 0.3) is 11.6 Å². The molecule has 0 atom stereocenters. The van der Waals surface area contributed by atoms with Crippen LogP contribution < -0.4 is 10.1 Å². The molecule has 0 aliphatic carbocycles. The van der Waals surface area contributed by atoms with Gasteiger partial charge in [-0.05, 0) is 36.8 Å². The molecule has 0 aliphatic rings. The van der Waals surface area contributed by atoms with Gasteiger partial charge in [-0.25, -0.2) is 9.18 Å². The number of para-hydroxylation sites is 1. The van der Waals surface area contributed by atoms with Gasteiger partial charge < -0.3 is 14.8 Å². The lowest BCUT2D eigenvalue weighted by molar-refractivity contribution is -0.384. The monoisotopic (exact) mass is 362 g/mol. The van der Waals surface area contributed by atoms with Crippen LogP contribution in [0.25, 0.3) is 0 Å². The van der Waals surface area contributed by atoms with Crippen molar-refractivity contribution in [2.75, 3.05) is 18.5 Å². The Morgan fingerprint density at radius 1 is 1.15 bits per heavy atom. The van der Waals surface area contributed by atoms with Crippen molar-refractivity contribution < 1.29 is 28.4 Å². The summed E-state index contributed by atoms with van der Waals surface area (Å²) in [6, 6.07) is 9.37. The second kappa shape index (κ2) is 8.56. The number of aryl methyl sites for hydroxylation is 1. The van der Waals surface area contributed by atoms with Gasteiger partial charge in [0, 0.05) is 6.07 Å². The third-order valence-electron chi connectivity index (χ3n) is 3.25. The van der Waals surface area contributed by atoms with E-state index in [9.17, 15) is 24.1 Å². The largest absolute Gasteiger partial charge is 0.482 e. The molecule has 0 unspecified atom stereocenters. The first kappa shape index (κ1) is 18.8. The predicted octanol–water partition coefficient (Wildman–Crippen LogP) is 2.60. The van der Waals surface area contributed by atoms with Crippen molar-refractivity contribution in [2.45, 2.75) is 6.92 Å². The normalized spacial score (nSPS) is 10.1. The third-order valence-corrected chi connectivity index (χ3v) is 3.25. The molecule has 0 aromatic heterocycles. The van der Waals surface area contributed by atoms with Gasteiger partial charge in [0.05, 0.1) is 4.92 Å². The van der Waals surface area contributed by atoms with Gasteiger partial charge in [0.15, 0.2) is 13.2 Å². The average molecular weight is 362 g/mol. The summed E-state index contributed by atoms with van der Waals surface area (Å²) in [4.78, 5) is 33.8. The van der Waals surface area contributed by atoms with E-state index in [1.807, 2.05) is 0 Å². The van der Waals surface area contributed by atoms with Crippen molar-refractivity contribution in [3.8, 4) is 5.75 Å². The van der Waals surface area contributed by atoms with Gasteiger partial charge in [0.1, 0.15) is 17.3 Å². The molecule has 26 heavy (non-hydrogen) atoms. The minimum absolute atomic E-state index is 0.0427. The molecule has 9 heteroatoms. The van der Waals surface area contributed by atoms with Crippen molar-refractivity contribution >= 4 is 23.3 Å². The van der Waals surface area contributed by atoms with Gasteiger partial charge in [-0.15, -0.1) is 0 Å². The van der Waals surface area contributed by atoms with E-state index >= 15 is 0 Å². The number of nitrogens with one attached hydrogen (secondary N) is 1. The highest BCUT2D eigenvalue weighted by Crippen LogP contribution is 2.27. The highest BCUT2D eigenvalue weighted by molar-refractivity contribution is 5.95. The van der Waals surface area contributed by atoms with E-state index in [0.717, 1.165) is 0 Å². The Morgan fingerprint density at radius 2 is 1.85 bits per heavy atom. The number of anilines is 1. The number of ether oxygens (including phenoxy) is 2. The minimum Gasteiger partial charge on any atom is -0.482 e. The van der Waals surface area contributed by atoms with Crippen LogP contribution in [-0.4, -0.2) is 30.0 Å². The Balaban J connectivity index is 1.84. The zero-order chi connectivity index (χ0) is 19.1. The Hall–Kier alpha value is -3.49. The lowest BCUT2D eigenvalue weighted by Gasteiger charge is -2.10. The third kappa shape index (κ3) is 5.26. The van der Waals surface area contributed by atoms with Gasteiger partial charge in [-0.2, -0.15) is 0 Å². The number of hydrogen-bond acceptors (Lipinski definition) is 6. The number of rotatable bonds is 7. The van der Waals surface area contributed by atoms with Crippen LogP contribution in [0, 0.1) is 22.9 Å². The second-order valence-electron chi connectivity index (χ2n) is 5.18. The van der Waals surface area contributed by atoms with Crippen LogP contribution >= 0.6 is 0 Å². The highest BCUT2D eigenvalue weighted by Gasteiger charge is 2.18. The summed E-state index contributed by atoms with van der Waals surface area (Å²) < 4.78 is 22.6. The molecule has 0 spiro atoms. The summed E-state index contributed by atoms with van der Waals surface area (Å²) in [6.07, 6.45) is 0. The van der Waals surface area contributed by atoms with Crippen molar-refractivity contribution in [1.29, 1.82) is 0 Å². The number of amides is 1. The summed E-state index contributed by atoms with van der Waals surface area (Å²) in [5.41, 5.74) is 0.281. The molecular formula is C17H15FN2O6. The number of nitro benzene ring substituents is 1. The summed E-state index contributed by atoms with van der Waals surface area (Å²) in [5, 5.41) is 13.3. The Labute approximate surface area is 147 Å². The Bertz CT molecular complexity index is 823. The average Bonchev–Trinajstić information content (AvgIpc) is 2.61. The fourth-order valence-electron chi connectivity index (χ4n) is 2.00. The molecule has 0 aliphatic heterocycles. The van der Waals surface area contributed by atoms with Crippen molar-refractivity contribution in [1.82, 2.24) is 0 Å². The molecule has 2 aromatic rings. The lowest BCUT2D eigenvalue weighted by Crippen LogP contribution is -2.24. The summed E-state index contributed by atoms with van der Waals surface area (Å²) in [5.74, 6) is -1.72. The molecule has 8 nitrogen and oxygen atoms in total. The first-order valence-corrected chi connectivity index (χ1v) is 7.44. The van der Waals surface area contributed by atoms with Crippen LogP contribution in [0.15, 0.2) is 42.5 Å². The molecule has 1 N–H and O–H groups in total. The number of nitrogens with zero attached hydrogens (tertiary/aromatic N) is 1. The number of nitro groups is 1. The molecule has 0 saturated carbocycles. The zero-order valence-corrected chi connectivity index (χ0v) is 13.7. The van der Waals surface area contributed by atoms with Crippen LogP contribution in [0.1, 0.15) is 5.56 Å². The van der Waals surface area contributed by atoms with Crippen LogP contribution in [0.3, 0.4) is 0 Å². The second-order valence-corrected chi connectivity index (χ2v) is 5.18. The first-order valence-electron chi connectivity index (χ1n) is 7.44. The zero-order valence-electron chi connectivity index (χ0n) is 13.7. The number of hydrogen-bond donors (Lipinski definition) is 1. The molecule has 0 radical (unpaired) electrons. The van der Waals surface area contributed by atoms with E-state index in [-0.39, 0.29) is 17.1 Å². The number of benzene rings is 2. The SMILES string of the molecule is Cc1cccc([N+](=O)[O-])c1NC(=O)COC(=O)COc1ccc(F)cc1. The molecule has 2 rings (SSSR count). The number of carbonyl (C=O) groups is 2. The van der Waals surface area contributed by atoms with Crippen molar-refractivity contribution in [2.24, 2.45) is 0 Å². The fourth-order valence-corrected chi connectivity index (χ4v) is 2.00. The van der Waals surface area contributed by atoms with Crippen molar-refractivity contribution in [3.05, 3.63) is 64.0 Å². The smallest absolute Gasteiger partial charge is 0.344 e. The maximum atomic E-state index is 12.7. The van der Waals surface area contributed by atoms with E-state index in [2.05, 4.69) is 5.32 Å². The van der Waals surface area contributed by atoms with Crippen LogP contribution in [0.5, 0.6) is 5.75 Å². The van der Waals surface area contributed by atoms with Gasteiger partial charge in [-0.3, -0.25) is 14.9 Å². The molecule has 1 amide bonds. The summed E-state index contributed by atoms with van der Waals surface area (Å²) in [7, 11) is 0. The molecule has 0 bridgehead atoms. The predicted molar refractivity (Wildman–Crippen MR) is 89.3 cm³/mol.